The van der Waals surface area contributed by atoms with Gasteiger partial charge in [-0.15, -0.1) is 11.3 Å². The molecule has 2 fully saturated rings. The first-order chi connectivity index (χ1) is 9.22. The van der Waals surface area contributed by atoms with Crippen molar-refractivity contribution >= 4 is 11.3 Å². The van der Waals surface area contributed by atoms with Gasteiger partial charge in [0.15, 0.2) is 0 Å². The minimum Gasteiger partial charge on any atom is -0.314 e. The average molecular weight is 279 g/mol. The molecule has 3 nitrogen and oxygen atoms in total. The SMILES string of the molecule is Cc1nc(CN2CCCC(C3CCCN3)C2)sc1C. The van der Waals surface area contributed by atoms with Gasteiger partial charge >= 0.3 is 0 Å². The highest BCUT2D eigenvalue weighted by Gasteiger charge is 2.29. The molecule has 0 aliphatic carbocycles. The molecule has 3 heterocycles. The second kappa shape index (κ2) is 5.90. The Bertz CT molecular complexity index is 404. The van der Waals surface area contributed by atoms with Crippen LogP contribution in [0.25, 0.3) is 0 Å². The van der Waals surface area contributed by atoms with Crippen molar-refractivity contribution in [2.45, 2.75) is 52.1 Å². The van der Waals surface area contributed by atoms with Crippen molar-refractivity contribution in [3.05, 3.63) is 15.6 Å². The monoisotopic (exact) mass is 279 g/mol. The molecule has 0 spiro atoms. The summed E-state index contributed by atoms with van der Waals surface area (Å²) < 4.78 is 0. The third-order valence-corrected chi connectivity index (χ3v) is 5.70. The van der Waals surface area contributed by atoms with Crippen LogP contribution < -0.4 is 5.32 Å². The number of thiazole rings is 1. The van der Waals surface area contributed by atoms with Gasteiger partial charge in [-0.25, -0.2) is 4.98 Å². The van der Waals surface area contributed by atoms with E-state index in [2.05, 4.69) is 29.0 Å². The van der Waals surface area contributed by atoms with Crippen LogP contribution in [0.5, 0.6) is 0 Å². The summed E-state index contributed by atoms with van der Waals surface area (Å²) in [5, 5.41) is 4.99. The smallest absolute Gasteiger partial charge is 0.107 e. The number of aromatic nitrogens is 1. The van der Waals surface area contributed by atoms with E-state index in [-0.39, 0.29) is 0 Å². The van der Waals surface area contributed by atoms with Crippen LogP contribution in [-0.2, 0) is 6.54 Å². The number of nitrogens with zero attached hydrogens (tertiary/aromatic N) is 2. The van der Waals surface area contributed by atoms with Crippen molar-refractivity contribution in [3.63, 3.8) is 0 Å². The Kier molecular flexibility index (Phi) is 4.20. The fraction of sp³-hybridized carbons (Fsp3) is 0.800. The van der Waals surface area contributed by atoms with E-state index in [1.54, 1.807) is 0 Å². The molecular weight excluding hydrogens is 254 g/mol. The van der Waals surface area contributed by atoms with Gasteiger partial charge in [0.2, 0.25) is 0 Å². The summed E-state index contributed by atoms with van der Waals surface area (Å²) in [5.41, 5.74) is 1.21. The first-order valence-corrected chi connectivity index (χ1v) is 8.42. The maximum atomic E-state index is 4.69. The van der Waals surface area contributed by atoms with Gasteiger partial charge in [0.25, 0.3) is 0 Å². The van der Waals surface area contributed by atoms with Crippen molar-refractivity contribution in [1.82, 2.24) is 15.2 Å². The normalized spacial score (nSPS) is 28.9. The maximum absolute atomic E-state index is 4.69. The average Bonchev–Trinajstić information content (AvgIpc) is 3.01. The third kappa shape index (κ3) is 3.18. The number of nitrogens with one attached hydrogen (secondary N) is 1. The summed E-state index contributed by atoms with van der Waals surface area (Å²) in [6.07, 6.45) is 5.51. The molecule has 0 radical (unpaired) electrons. The standard InChI is InChI=1S/C15H25N3S/c1-11-12(2)19-15(17-11)10-18-8-4-5-13(9-18)14-6-3-7-16-14/h13-14,16H,3-10H2,1-2H3. The Morgan fingerprint density at radius 2 is 2.21 bits per heavy atom. The van der Waals surface area contributed by atoms with Crippen molar-refractivity contribution < 1.29 is 0 Å². The van der Waals surface area contributed by atoms with Gasteiger partial charge in [-0.2, -0.15) is 0 Å². The second-order valence-corrected chi connectivity index (χ2v) is 7.38. The molecule has 1 N–H and O–H groups in total. The highest BCUT2D eigenvalue weighted by molar-refractivity contribution is 7.11. The van der Waals surface area contributed by atoms with E-state index in [9.17, 15) is 0 Å². The predicted molar refractivity (Wildman–Crippen MR) is 80.6 cm³/mol. The molecule has 2 atom stereocenters. The first kappa shape index (κ1) is 13.5. The molecule has 2 unspecified atom stereocenters. The lowest BCUT2D eigenvalue weighted by molar-refractivity contribution is 0.145. The largest absolute Gasteiger partial charge is 0.314 e. The lowest BCUT2D eigenvalue weighted by Gasteiger charge is -2.35. The van der Waals surface area contributed by atoms with E-state index < -0.39 is 0 Å². The van der Waals surface area contributed by atoms with Gasteiger partial charge in [-0.1, -0.05) is 0 Å². The number of rotatable bonds is 3. The zero-order valence-corrected chi connectivity index (χ0v) is 12.9. The van der Waals surface area contributed by atoms with E-state index in [1.807, 2.05) is 11.3 Å². The van der Waals surface area contributed by atoms with E-state index in [4.69, 9.17) is 0 Å². The second-order valence-electron chi connectivity index (χ2n) is 6.09. The lowest BCUT2D eigenvalue weighted by atomic mass is 9.90. The summed E-state index contributed by atoms with van der Waals surface area (Å²) >= 11 is 1.87. The Balaban J connectivity index is 1.58. The summed E-state index contributed by atoms with van der Waals surface area (Å²) in [4.78, 5) is 8.68. The van der Waals surface area contributed by atoms with Gasteiger partial charge in [-0.3, -0.25) is 4.90 Å². The van der Waals surface area contributed by atoms with Crippen molar-refractivity contribution in [2.24, 2.45) is 5.92 Å². The summed E-state index contributed by atoms with van der Waals surface area (Å²) in [7, 11) is 0. The molecule has 0 aromatic carbocycles. The number of hydrogen-bond donors (Lipinski definition) is 1. The van der Waals surface area contributed by atoms with Crippen molar-refractivity contribution in [1.29, 1.82) is 0 Å². The minimum absolute atomic E-state index is 0.780. The van der Waals surface area contributed by atoms with E-state index in [0.717, 1.165) is 18.5 Å². The van der Waals surface area contributed by atoms with Crippen LogP contribution in [0.4, 0.5) is 0 Å². The van der Waals surface area contributed by atoms with Crippen molar-refractivity contribution in [2.75, 3.05) is 19.6 Å². The number of aryl methyl sites for hydroxylation is 2. The molecule has 2 aliphatic rings. The molecule has 1 aromatic heterocycles. The summed E-state index contributed by atoms with van der Waals surface area (Å²) in [6.45, 7) is 9.10. The lowest BCUT2D eigenvalue weighted by Crippen LogP contribution is -2.43. The van der Waals surface area contributed by atoms with Crippen LogP contribution in [-0.4, -0.2) is 35.6 Å². The van der Waals surface area contributed by atoms with E-state index in [1.165, 1.54) is 60.9 Å². The van der Waals surface area contributed by atoms with Gasteiger partial charge in [0.1, 0.15) is 5.01 Å². The summed E-state index contributed by atoms with van der Waals surface area (Å²) in [6, 6.07) is 0.780. The van der Waals surface area contributed by atoms with E-state index in [0.29, 0.717) is 0 Å². The van der Waals surface area contributed by atoms with E-state index >= 15 is 0 Å². The Hall–Kier alpha value is -0.450. The molecule has 0 amide bonds. The van der Waals surface area contributed by atoms with Gasteiger partial charge in [-0.05, 0) is 58.5 Å². The summed E-state index contributed by atoms with van der Waals surface area (Å²) in [5.74, 6) is 0.860. The zero-order chi connectivity index (χ0) is 13.2. The van der Waals surface area contributed by atoms with Gasteiger partial charge in [0.05, 0.1) is 12.2 Å². The highest BCUT2D eigenvalue weighted by atomic mass is 32.1. The quantitative estimate of drug-likeness (QED) is 0.922. The molecule has 3 rings (SSSR count). The number of likely N-dealkylation sites (tertiary alicyclic amines) is 1. The molecular formula is C15H25N3S. The molecule has 19 heavy (non-hydrogen) atoms. The minimum atomic E-state index is 0.780. The highest BCUT2D eigenvalue weighted by Crippen LogP contribution is 2.26. The fourth-order valence-corrected chi connectivity index (χ4v) is 4.45. The van der Waals surface area contributed by atoms with Crippen molar-refractivity contribution in [3.8, 4) is 0 Å². The zero-order valence-electron chi connectivity index (χ0n) is 12.1. The number of piperidine rings is 1. The first-order valence-electron chi connectivity index (χ1n) is 7.61. The van der Waals surface area contributed by atoms with Crippen LogP contribution in [0, 0.1) is 19.8 Å². The molecule has 0 saturated carbocycles. The van der Waals surface area contributed by atoms with Crippen LogP contribution in [0.1, 0.15) is 41.3 Å². The molecule has 0 bridgehead atoms. The van der Waals surface area contributed by atoms with Crippen LogP contribution in [0.3, 0.4) is 0 Å². The fourth-order valence-electron chi connectivity index (χ4n) is 3.48. The van der Waals surface area contributed by atoms with Gasteiger partial charge in [0, 0.05) is 17.5 Å². The van der Waals surface area contributed by atoms with Crippen LogP contribution in [0.2, 0.25) is 0 Å². The number of hydrogen-bond acceptors (Lipinski definition) is 4. The Labute approximate surface area is 120 Å². The molecule has 4 heteroatoms. The van der Waals surface area contributed by atoms with Crippen LogP contribution in [0.15, 0.2) is 0 Å². The topological polar surface area (TPSA) is 28.2 Å². The maximum Gasteiger partial charge on any atom is 0.107 e. The molecule has 1 aromatic rings. The predicted octanol–water partition coefficient (Wildman–Crippen LogP) is 2.72. The Morgan fingerprint density at radius 1 is 1.32 bits per heavy atom. The third-order valence-electron chi connectivity index (χ3n) is 4.64. The van der Waals surface area contributed by atoms with Gasteiger partial charge < -0.3 is 5.32 Å². The van der Waals surface area contributed by atoms with Crippen LogP contribution >= 0.6 is 11.3 Å². The molecule has 2 aliphatic heterocycles. The molecule has 2 saturated heterocycles. The Morgan fingerprint density at radius 3 is 2.89 bits per heavy atom. The molecule has 106 valence electrons.